The van der Waals surface area contributed by atoms with E-state index in [-0.39, 0.29) is 0 Å². The largest absolute Gasteiger partial charge is 0.490 e. The van der Waals surface area contributed by atoms with Crippen molar-refractivity contribution >= 4 is 17.4 Å². The summed E-state index contributed by atoms with van der Waals surface area (Å²) in [6.45, 7) is 3.14. The van der Waals surface area contributed by atoms with Gasteiger partial charge in [0.2, 0.25) is 0 Å². The van der Waals surface area contributed by atoms with E-state index < -0.39 is 0 Å². The molecule has 0 radical (unpaired) electrons. The van der Waals surface area contributed by atoms with Crippen molar-refractivity contribution in [1.82, 2.24) is 9.97 Å². The third-order valence-electron chi connectivity index (χ3n) is 2.75. The van der Waals surface area contributed by atoms with Crippen LogP contribution in [-0.4, -0.2) is 23.6 Å². The number of halogens is 1. The van der Waals surface area contributed by atoms with Crippen molar-refractivity contribution in [2.45, 2.75) is 19.8 Å². The number of anilines is 1. The van der Waals surface area contributed by atoms with E-state index in [2.05, 4.69) is 22.2 Å². The van der Waals surface area contributed by atoms with Crippen LogP contribution in [0.15, 0.2) is 6.33 Å². The first-order valence-electron chi connectivity index (χ1n) is 4.93. The molecule has 0 atom stereocenters. The van der Waals surface area contributed by atoms with Gasteiger partial charge in [0.15, 0.2) is 16.7 Å². The van der Waals surface area contributed by atoms with Crippen LogP contribution in [0.25, 0.3) is 0 Å². The van der Waals surface area contributed by atoms with Crippen LogP contribution in [0.3, 0.4) is 0 Å². The van der Waals surface area contributed by atoms with Gasteiger partial charge in [-0.15, -0.1) is 0 Å². The van der Waals surface area contributed by atoms with Gasteiger partial charge < -0.3 is 10.1 Å². The van der Waals surface area contributed by atoms with Crippen molar-refractivity contribution in [2.75, 3.05) is 19.0 Å². The smallest absolute Gasteiger partial charge is 0.198 e. The lowest BCUT2D eigenvalue weighted by Gasteiger charge is -2.13. The molecule has 2 rings (SSSR count). The minimum atomic E-state index is 0.343. The predicted octanol–water partition coefficient (Wildman–Crippen LogP) is 2.35. The Kier molecular flexibility index (Phi) is 2.69. The number of hydrogen-bond acceptors (Lipinski definition) is 4. The molecule has 1 aromatic rings. The van der Waals surface area contributed by atoms with Gasteiger partial charge in [0.05, 0.1) is 7.11 Å². The lowest BCUT2D eigenvalue weighted by molar-refractivity contribution is 0.412. The summed E-state index contributed by atoms with van der Waals surface area (Å²) >= 11 is 5.88. The van der Waals surface area contributed by atoms with Crippen LogP contribution >= 0.6 is 11.6 Å². The molecule has 5 heteroatoms. The monoisotopic (exact) mass is 227 g/mol. The van der Waals surface area contributed by atoms with Crippen LogP contribution in [0.5, 0.6) is 5.75 Å². The summed E-state index contributed by atoms with van der Waals surface area (Å²) in [5, 5.41) is 3.59. The van der Waals surface area contributed by atoms with E-state index in [9.17, 15) is 0 Å². The Morgan fingerprint density at radius 3 is 2.87 bits per heavy atom. The first-order valence-corrected chi connectivity index (χ1v) is 5.31. The summed E-state index contributed by atoms with van der Waals surface area (Å²) in [7, 11) is 1.56. The van der Waals surface area contributed by atoms with Gasteiger partial charge in [-0.1, -0.05) is 18.5 Å². The Hall–Kier alpha value is -1.03. The zero-order valence-electron chi connectivity index (χ0n) is 8.88. The molecule has 0 aliphatic heterocycles. The van der Waals surface area contributed by atoms with Crippen molar-refractivity contribution < 1.29 is 4.74 Å². The van der Waals surface area contributed by atoms with Gasteiger partial charge in [0.25, 0.3) is 0 Å². The minimum Gasteiger partial charge on any atom is -0.490 e. The van der Waals surface area contributed by atoms with Crippen molar-refractivity contribution in [3.8, 4) is 5.75 Å². The third kappa shape index (κ3) is 2.31. The van der Waals surface area contributed by atoms with E-state index in [4.69, 9.17) is 16.3 Å². The fourth-order valence-corrected chi connectivity index (χ4v) is 1.56. The maximum absolute atomic E-state index is 5.88. The average molecular weight is 228 g/mol. The molecule has 0 aromatic carbocycles. The number of methoxy groups -OCH3 is 1. The maximum Gasteiger partial charge on any atom is 0.198 e. The lowest BCUT2D eigenvalue weighted by atomic mass is 10.1. The van der Waals surface area contributed by atoms with Crippen LogP contribution in [0.1, 0.15) is 19.8 Å². The summed E-state index contributed by atoms with van der Waals surface area (Å²) in [6.07, 6.45) is 3.96. The Bertz CT molecular complexity index is 366. The highest BCUT2D eigenvalue weighted by Crippen LogP contribution is 2.45. The van der Waals surface area contributed by atoms with Gasteiger partial charge >= 0.3 is 0 Å². The molecule has 0 amide bonds. The molecule has 1 heterocycles. The third-order valence-corrected chi connectivity index (χ3v) is 3.02. The highest BCUT2D eigenvalue weighted by atomic mass is 35.5. The van der Waals surface area contributed by atoms with Gasteiger partial charge in [-0.05, 0) is 18.3 Å². The van der Waals surface area contributed by atoms with Gasteiger partial charge in [-0.25, -0.2) is 9.97 Å². The van der Waals surface area contributed by atoms with Crippen LogP contribution in [0, 0.1) is 5.41 Å². The van der Waals surface area contributed by atoms with Crippen molar-refractivity contribution in [1.29, 1.82) is 0 Å². The second-order valence-corrected chi connectivity index (χ2v) is 4.57. The summed E-state index contributed by atoms with van der Waals surface area (Å²) in [6, 6.07) is 0. The first kappa shape index (κ1) is 10.5. The minimum absolute atomic E-state index is 0.343. The molecule has 0 unspecified atom stereocenters. The summed E-state index contributed by atoms with van der Waals surface area (Å²) in [5.41, 5.74) is 0.419. The number of aromatic nitrogens is 2. The van der Waals surface area contributed by atoms with Gasteiger partial charge in [0.1, 0.15) is 6.33 Å². The number of hydrogen-bond donors (Lipinski definition) is 1. The molecule has 0 bridgehead atoms. The van der Waals surface area contributed by atoms with E-state index in [0.29, 0.717) is 22.1 Å². The normalized spacial score (nSPS) is 17.3. The summed E-state index contributed by atoms with van der Waals surface area (Å²) < 4.78 is 5.14. The lowest BCUT2D eigenvalue weighted by Crippen LogP contribution is -2.13. The second-order valence-electron chi connectivity index (χ2n) is 4.21. The van der Waals surface area contributed by atoms with Crippen molar-refractivity contribution in [3.05, 3.63) is 11.5 Å². The number of nitrogens with one attached hydrogen (secondary N) is 1. The van der Waals surface area contributed by atoms with E-state index in [0.717, 1.165) is 6.54 Å². The van der Waals surface area contributed by atoms with Crippen molar-refractivity contribution in [3.63, 3.8) is 0 Å². The van der Waals surface area contributed by atoms with Gasteiger partial charge in [0, 0.05) is 6.54 Å². The molecular weight excluding hydrogens is 214 g/mol. The fourth-order valence-electron chi connectivity index (χ4n) is 1.35. The number of rotatable bonds is 4. The van der Waals surface area contributed by atoms with E-state index in [1.54, 1.807) is 7.11 Å². The molecule has 4 nitrogen and oxygen atoms in total. The Labute approximate surface area is 94.0 Å². The molecule has 0 saturated heterocycles. The molecular formula is C10H14ClN3O. The average Bonchev–Trinajstić information content (AvgIpc) is 2.94. The Morgan fingerprint density at radius 2 is 2.27 bits per heavy atom. The van der Waals surface area contributed by atoms with Crippen LogP contribution < -0.4 is 10.1 Å². The highest BCUT2D eigenvalue weighted by Gasteiger charge is 2.37. The quantitative estimate of drug-likeness (QED) is 0.803. The SMILES string of the molecule is COc1c(Cl)ncnc1NCC1(C)CC1. The molecule has 1 fully saturated rings. The van der Waals surface area contributed by atoms with Crippen LogP contribution in [0.4, 0.5) is 5.82 Å². The standard InChI is InChI=1S/C10H14ClN3O/c1-10(3-4-10)5-12-9-7(15-2)8(11)13-6-14-9/h6H,3-5H2,1-2H3,(H,12,13,14). The fraction of sp³-hybridized carbons (Fsp3) is 0.600. The zero-order valence-corrected chi connectivity index (χ0v) is 9.64. The number of nitrogens with zero attached hydrogens (tertiary/aromatic N) is 2. The van der Waals surface area contributed by atoms with Crippen LogP contribution in [0.2, 0.25) is 5.15 Å². The molecule has 1 aliphatic carbocycles. The van der Waals surface area contributed by atoms with Crippen LogP contribution in [-0.2, 0) is 0 Å². The van der Waals surface area contributed by atoms with E-state index >= 15 is 0 Å². The predicted molar refractivity (Wildman–Crippen MR) is 59.4 cm³/mol. The Balaban J connectivity index is 2.09. The van der Waals surface area contributed by atoms with E-state index in [1.165, 1.54) is 19.2 Å². The zero-order chi connectivity index (χ0) is 10.9. The molecule has 15 heavy (non-hydrogen) atoms. The summed E-state index contributed by atoms with van der Waals surface area (Å²) in [4.78, 5) is 7.97. The number of ether oxygens (including phenoxy) is 1. The molecule has 82 valence electrons. The van der Waals surface area contributed by atoms with Gasteiger partial charge in [-0.3, -0.25) is 0 Å². The molecule has 1 saturated carbocycles. The highest BCUT2D eigenvalue weighted by molar-refractivity contribution is 6.31. The Morgan fingerprint density at radius 1 is 1.53 bits per heavy atom. The molecule has 0 spiro atoms. The van der Waals surface area contributed by atoms with Crippen molar-refractivity contribution in [2.24, 2.45) is 5.41 Å². The second kappa shape index (κ2) is 3.85. The molecule has 1 aromatic heterocycles. The maximum atomic E-state index is 5.88. The molecule has 1 aliphatic rings. The first-order chi connectivity index (χ1) is 7.14. The van der Waals surface area contributed by atoms with Gasteiger partial charge in [-0.2, -0.15) is 0 Å². The summed E-state index contributed by atoms with van der Waals surface area (Å²) in [5.74, 6) is 1.19. The molecule has 1 N–H and O–H groups in total. The topological polar surface area (TPSA) is 47.0 Å². The van der Waals surface area contributed by atoms with E-state index in [1.807, 2.05) is 0 Å².